The van der Waals surface area contributed by atoms with Crippen molar-refractivity contribution in [1.82, 2.24) is 16.0 Å². The Balaban J connectivity index is 5.23. The van der Waals surface area contributed by atoms with E-state index in [1.54, 1.807) is 13.8 Å². The topological polar surface area (TPSA) is 240 Å². The zero-order valence-electron chi connectivity index (χ0n) is 19.2. The summed E-state index contributed by atoms with van der Waals surface area (Å²) in [5.41, 5.74) is 16.1. The molecule has 0 rings (SSSR count). The number of amides is 4. The summed E-state index contributed by atoms with van der Waals surface area (Å²) >= 11 is 0. The van der Waals surface area contributed by atoms with Gasteiger partial charge in [0.25, 0.3) is 0 Å². The van der Waals surface area contributed by atoms with Gasteiger partial charge in [0.1, 0.15) is 18.1 Å². The molecule has 0 aliphatic rings. The minimum Gasteiger partial charge on any atom is -0.480 e. The molecule has 0 bridgehead atoms. The smallest absolute Gasteiger partial charge is 0.326 e. The van der Waals surface area contributed by atoms with Gasteiger partial charge in [0.05, 0.1) is 12.6 Å². The van der Waals surface area contributed by atoms with Crippen LogP contribution in [0.2, 0.25) is 0 Å². The predicted molar refractivity (Wildman–Crippen MR) is 119 cm³/mol. The molecule has 4 amide bonds. The van der Waals surface area contributed by atoms with Crippen LogP contribution in [0.1, 0.15) is 52.4 Å². The molecule has 13 nitrogen and oxygen atoms in total. The first-order valence-corrected chi connectivity index (χ1v) is 11.0. The van der Waals surface area contributed by atoms with Gasteiger partial charge < -0.3 is 43.4 Å². The fourth-order valence-electron chi connectivity index (χ4n) is 2.87. The molecule has 5 unspecified atom stereocenters. The maximum absolute atomic E-state index is 12.8. The standard InChI is InChI=1S/C20H38N6O7/c1-3-11(2)16(19(31)24-13(20(32)33)6-4-5-9-21)26-18(30)14(10-27)25-17(29)12(22)7-8-15(23)28/h11-14,16,27H,3-10,21-22H2,1-2H3,(H2,23,28)(H,24,31)(H,25,29)(H,26,30)(H,32,33). The van der Waals surface area contributed by atoms with Crippen LogP contribution < -0.4 is 33.2 Å². The van der Waals surface area contributed by atoms with Gasteiger partial charge in [-0.3, -0.25) is 19.2 Å². The molecular formula is C20H38N6O7. The number of aliphatic hydroxyl groups excluding tert-OH is 1. The fraction of sp³-hybridized carbons (Fsp3) is 0.750. The summed E-state index contributed by atoms with van der Waals surface area (Å²) in [6.45, 7) is 3.11. The fourth-order valence-corrected chi connectivity index (χ4v) is 2.87. The zero-order chi connectivity index (χ0) is 25.6. The van der Waals surface area contributed by atoms with E-state index in [-0.39, 0.29) is 25.2 Å². The van der Waals surface area contributed by atoms with Crippen LogP contribution in [0.15, 0.2) is 0 Å². The highest BCUT2D eigenvalue weighted by Crippen LogP contribution is 2.10. The molecule has 0 saturated carbocycles. The number of nitrogens with two attached hydrogens (primary N) is 3. The van der Waals surface area contributed by atoms with E-state index in [2.05, 4.69) is 16.0 Å². The van der Waals surface area contributed by atoms with Crippen LogP contribution in [0.25, 0.3) is 0 Å². The van der Waals surface area contributed by atoms with Gasteiger partial charge in [-0.05, 0) is 38.1 Å². The Hall–Kier alpha value is -2.77. The lowest BCUT2D eigenvalue weighted by atomic mass is 9.97. The van der Waals surface area contributed by atoms with E-state index in [9.17, 15) is 34.2 Å². The summed E-state index contributed by atoms with van der Waals surface area (Å²) in [6.07, 6.45) is 1.60. The number of hydrogen-bond donors (Lipinski definition) is 8. The molecule has 11 N–H and O–H groups in total. The Labute approximate surface area is 193 Å². The van der Waals surface area contributed by atoms with Gasteiger partial charge in [-0.2, -0.15) is 0 Å². The van der Waals surface area contributed by atoms with Crippen molar-refractivity contribution in [3.63, 3.8) is 0 Å². The lowest BCUT2D eigenvalue weighted by molar-refractivity contribution is -0.143. The number of hydrogen-bond acceptors (Lipinski definition) is 8. The van der Waals surface area contributed by atoms with Crippen molar-refractivity contribution in [1.29, 1.82) is 0 Å². The molecular weight excluding hydrogens is 436 g/mol. The molecule has 0 aliphatic carbocycles. The number of nitrogens with one attached hydrogen (secondary N) is 3. The quantitative estimate of drug-likeness (QED) is 0.102. The Morgan fingerprint density at radius 1 is 0.909 bits per heavy atom. The normalized spacial score (nSPS) is 15.4. The van der Waals surface area contributed by atoms with E-state index in [0.29, 0.717) is 25.8 Å². The van der Waals surface area contributed by atoms with Crippen LogP contribution >= 0.6 is 0 Å². The monoisotopic (exact) mass is 474 g/mol. The molecule has 0 fully saturated rings. The number of unbranched alkanes of at least 4 members (excludes halogenated alkanes) is 1. The first-order valence-electron chi connectivity index (χ1n) is 11.0. The van der Waals surface area contributed by atoms with Crippen LogP contribution in [-0.2, 0) is 24.0 Å². The molecule has 5 atom stereocenters. The summed E-state index contributed by atoms with van der Waals surface area (Å²) in [4.78, 5) is 59.9. The van der Waals surface area contributed by atoms with Crippen LogP contribution in [0, 0.1) is 5.92 Å². The molecule has 0 aromatic carbocycles. The predicted octanol–water partition coefficient (Wildman–Crippen LogP) is -2.71. The molecule has 0 radical (unpaired) electrons. The van der Waals surface area contributed by atoms with Crippen molar-refractivity contribution < 1.29 is 34.2 Å². The lowest BCUT2D eigenvalue weighted by Crippen LogP contribution is -2.59. The van der Waals surface area contributed by atoms with E-state index in [1.807, 2.05) is 0 Å². The minimum absolute atomic E-state index is 0.0421. The van der Waals surface area contributed by atoms with E-state index in [0.717, 1.165) is 0 Å². The molecule has 0 saturated heterocycles. The van der Waals surface area contributed by atoms with Gasteiger partial charge in [0, 0.05) is 6.42 Å². The Morgan fingerprint density at radius 3 is 2.00 bits per heavy atom. The molecule has 0 spiro atoms. The SMILES string of the molecule is CCC(C)C(NC(=O)C(CO)NC(=O)C(N)CCC(N)=O)C(=O)NC(CCCCN)C(=O)O. The highest BCUT2D eigenvalue weighted by Gasteiger charge is 2.32. The minimum atomic E-state index is -1.41. The average molecular weight is 475 g/mol. The van der Waals surface area contributed by atoms with E-state index >= 15 is 0 Å². The maximum atomic E-state index is 12.8. The molecule has 0 heterocycles. The number of carboxylic acids is 1. The molecule has 0 aromatic heterocycles. The van der Waals surface area contributed by atoms with Crippen LogP contribution in [0.4, 0.5) is 0 Å². The first kappa shape index (κ1) is 30.2. The van der Waals surface area contributed by atoms with Gasteiger partial charge in [-0.25, -0.2) is 4.79 Å². The second kappa shape index (κ2) is 15.9. The summed E-state index contributed by atoms with van der Waals surface area (Å²) in [5, 5.41) is 26.1. The number of aliphatic carboxylic acids is 1. The molecule has 0 aliphatic heterocycles. The molecule has 13 heteroatoms. The van der Waals surface area contributed by atoms with Crippen molar-refractivity contribution >= 4 is 29.6 Å². The van der Waals surface area contributed by atoms with Gasteiger partial charge in [-0.15, -0.1) is 0 Å². The van der Waals surface area contributed by atoms with Crippen molar-refractivity contribution in [3.05, 3.63) is 0 Å². The number of rotatable bonds is 17. The Bertz CT molecular complexity index is 675. The first-order chi connectivity index (χ1) is 15.5. The summed E-state index contributed by atoms with van der Waals surface area (Å²) in [6, 6.07) is -4.79. The maximum Gasteiger partial charge on any atom is 0.326 e. The second-order valence-corrected chi connectivity index (χ2v) is 7.91. The van der Waals surface area contributed by atoms with Gasteiger partial charge in [0.2, 0.25) is 23.6 Å². The highest BCUT2D eigenvalue weighted by atomic mass is 16.4. The van der Waals surface area contributed by atoms with Crippen molar-refractivity contribution in [2.45, 2.75) is 76.5 Å². The number of aliphatic hydroxyl groups is 1. The van der Waals surface area contributed by atoms with Crippen molar-refractivity contribution in [3.8, 4) is 0 Å². The summed E-state index contributed by atoms with van der Waals surface area (Å²) in [5.74, 6) is -4.54. The summed E-state index contributed by atoms with van der Waals surface area (Å²) in [7, 11) is 0. The van der Waals surface area contributed by atoms with Crippen LogP contribution in [-0.4, -0.2) is 77.1 Å². The Morgan fingerprint density at radius 2 is 1.52 bits per heavy atom. The third kappa shape index (κ3) is 11.6. The number of carbonyl (C=O) groups excluding carboxylic acids is 4. The van der Waals surface area contributed by atoms with E-state index < -0.39 is 60.4 Å². The summed E-state index contributed by atoms with van der Waals surface area (Å²) < 4.78 is 0. The molecule has 33 heavy (non-hydrogen) atoms. The third-order valence-electron chi connectivity index (χ3n) is 5.21. The average Bonchev–Trinajstić information content (AvgIpc) is 2.77. The lowest BCUT2D eigenvalue weighted by Gasteiger charge is -2.27. The zero-order valence-corrected chi connectivity index (χ0v) is 19.2. The van der Waals surface area contributed by atoms with Gasteiger partial charge in [-0.1, -0.05) is 20.3 Å². The number of primary amides is 1. The van der Waals surface area contributed by atoms with Gasteiger partial charge in [0.15, 0.2) is 0 Å². The Kier molecular flexibility index (Phi) is 14.6. The largest absolute Gasteiger partial charge is 0.480 e. The number of carboxylic acid groups (broad SMARTS) is 1. The van der Waals surface area contributed by atoms with Crippen LogP contribution in [0.5, 0.6) is 0 Å². The number of carbonyl (C=O) groups is 5. The molecule has 0 aromatic rings. The van der Waals surface area contributed by atoms with E-state index in [1.165, 1.54) is 0 Å². The highest BCUT2D eigenvalue weighted by molar-refractivity contribution is 5.94. The second-order valence-electron chi connectivity index (χ2n) is 7.91. The van der Waals surface area contributed by atoms with E-state index in [4.69, 9.17) is 17.2 Å². The van der Waals surface area contributed by atoms with Crippen LogP contribution in [0.3, 0.4) is 0 Å². The van der Waals surface area contributed by atoms with Crippen molar-refractivity contribution in [2.24, 2.45) is 23.1 Å². The van der Waals surface area contributed by atoms with Crippen molar-refractivity contribution in [2.75, 3.05) is 13.2 Å². The molecule has 190 valence electrons. The van der Waals surface area contributed by atoms with Gasteiger partial charge >= 0.3 is 5.97 Å². The third-order valence-corrected chi connectivity index (χ3v) is 5.21.